The second kappa shape index (κ2) is 14.8. The predicted molar refractivity (Wildman–Crippen MR) is 223 cm³/mol. The molecule has 0 aliphatic heterocycles. The van der Waals surface area contributed by atoms with Gasteiger partial charge in [-0.2, -0.15) is 0 Å². The lowest BCUT2D eigenvalue weighted by Crippen LogP contribution is -2.00. The fraction of sp³-hybridized carbons (Fsp3) is 0. The normalized spacial score (nSPS) is 11.0. The largest absolute Gasteiger partial charge is 0.208 e. The summed E-state index contributed by atoms with van der Waals surface area (Å²) >= 11 is 0. The van der Waals surface area contributed by atoms with Crippen LogP contribution in [0.4, 0.5) is 0 Å². The predicted octanol–water partition coefficient (Wildman–Crippen LogP) is 13.2. The van der Waals surface area contributed by atoms with Gasteiger partial charge >= 0.3 is 0 Å². The van der Waals surface area contributed by atoms with Crippen molar-refractivity contribution in [1.82, 2.24) is 15.0 Å². The van der Waals surface area contributed by atoms with Crippen LogP contribution in [0.2, 0.25) is 0 Å². The van der Waals surface area contributed by atoms with Crippen LogP contribution in [0.5, 0.6) is 0 Å². The van der Waals surface area contributed by atoms with Crippen molar-refractivity contribution in [2.75, 3.05) is 0 Å². The molecule has 0 spiro atoms. The Labute approximate surface area is 316 Å². The number of benzene rings is 8. The highest BCUT2D eigenvalue weighted by molar-refractivity contribution is 5.88. The van der Waals surface area contributed by atoms with Gasteiger partial charge in [-0.3, -0.25) is 0 Å². The molecule has 0 aliphatic rings. The average Bonchev–Trinajstić information content (AvgIpc) is 3.27. The molecule has 54 heavy (non-hydrogen) atoms. The van der Waals surface area contributed by atoms with E-state index in [2.05, 4.69) is 170 Å². The number of hydrogen-bond acceptors (Lipinski definition) is 3. The number of nitrogens with zero attached hydrogens (tertiary/aromatic N) is 3. The highest BCUT2D eigenvalue weighted by Gasteiger charge is 2.16. The van der Waals surface area contributed by atoms with Gasteiger partial charge in [0.1, 0.15) is 0 Å². The second-order valence-electron chi connectivity index (χ2n) is 13.3. The maximum atomic E-state index is 5.18. The molecular weight excluding hydrogens is 655 g/mol. The van der Waals surface area contributed by atoms with E-state index < -0.39 is 0 Å². The zero-order valence-corrected chi connectivity index (χ0v) is 29.5. The van der Waals surface area contributed by atoms with Crippen molar-refractivity contribution >= 4 is 0 Å². The SMILES string of the molecule is c1ccc(-c2ccc(-c3cc(-c4nc(-c5ccccc5)nc(-c5ccc(-c6ccccc6)cc5)n4)cc(-c4ccccc4-c4ccccc4)c3)cc2)cc1. The summed E-state index contributed by atoms with van der Waals surface area (Å²) in [4.78, 5) is 15.4. The van der Waals surface area contributed by atoms with E-state index in [9.17, 15) is 0 Å². The van der Waals surface area contributed by atoms with Gasteiger partial charge in [-0.25, -0.2) is 15.0 Å². The van der Waals surface area contributed by atoms with Crippen LogP contribution in [0.1, 0.15) is 0 Å². The number of rotatable bonds is 8. The Morgan fingerprint density at radius 3 is 0.944 bits per heavy atom. The molecule has 1 heterocycles. The Morgan fingerprint density at radius 2 is 0.463 bits per heavy atom. The molecule has 0 fully saturated rings. The number of aromatic nitrogens is 3. The van der Waals surface area contributed by atoms with E-state index >= 15 is 0 Å². The molecular formula is C51H35N3. The third kappa shape index (κ3) is 6.87. The zero-order valence-electron chi connectivity index (χ0n) is 29.5. The van der Waals surface area contributed by atoms with E-state index in [1.807, 2.05) is 42.5 Å². The maximum Gasteiger partial charge on any atom is 0.164 e. The van der Waals surface area contributed by atoms with Crippen LogP contribution in [0.15, 0.2) is 212 Å². The molecule has 0 amide bonds. The summed E-state index contributed by atoms with van der Waals surface area (Å²) in [5.41, 5.74) is 14.2. The fourth-order valence-electron chi connectivity index (χ4n) is 6.96. The van der Waals surface area contributed by atoms with Crippen molar-refractivity contribution in [3.05, 3.63) is 212 Å². The minimum absolute atomic E-state index is 0.618. The fourth-order valence-corrected chi connectivity index (χ4v) is 6.96. The first-order valence-corrected chi connectivity index (χ1v) is 18.2. The molecule has 0 saturated heterocycles. The summed E-state index contributed by atoms with van der Waals surface area (Å²) in [6.45, 7) is 0. The molecule has 0 unspecified atom stereocenters. The Balaban J connectivity index is 1.22. The van der Waals surface area contributed by atoms with E-state index in [-0.39, 0.29) is 0 Å². The van der Waals surface area contributed by atoms with Gasteiger partial charge in [-0.05, 0) is 73.8 Å². The van der Waals surface area contributed by atoms with Gasteiger partial charge in [0.2, 0.25) is 0 Å². The number of hydrogen-bond donors (Lipinski definition) is 0. The molecule has 0 bridgehead atoms. The summed E-state index contributed by atoms with van der Waals surface area (Å²) in [5.74, 6) is 1.88. The lowest BCUT2D eigenvalue weighted by molar-refractivity contribution is 1.07. The van der Waals surface area contributed by atoms with E-state index in [1.165, 1.54) is 27.8 Å². The van der Waals surface area contributed by atoms with Gasteiger partial charge < -0.3 is 0 Å². The summed E-state index contributed by atoms with van der Waals surface area (Å²) in [6.07, 6.45) is 0. The Morgan fingerprint density at radius 1 is 0.185 bits per heavy atom. The average molecular weight is 690 g/mol. The maximum absolute atomic E-state index is 5.18. The quantitative estimate of drug-likeness (QED) is 0.159. The lowest BCUT2D eigenvalue weighted by Gasteiger charge is -2.15. The molecule has 254 valence electrons. The second-order valence-corrected chi connectivity index (χ2v) is 13.3. The molecule has 0 N–H and O–H groups in total. The molecule has 3 heteroatoms. The van der Waals surface area contributed by atoms with Gasteiger partial charge in [0, 0.05) is 16.7 Å². The molecule has 1 aromatic heterocycles. The molecule has 0 radical (unpaired) electrons. The molecule has 8 aromatic carbocycles. The summed E-state index contributed by atoms with van der Waals surface area (Å²) in [6, 6.07) is 74.2. The first-order chi connectivity index (χ1) is 26.7. The van der Waals surface area contributed by atoms with Crippen molar-refractivity contribution in [3.63, 3.8) is 0 Å². The van der Waals surface area contributed by atoms with Crippen LogP contribution in [0.25, 0.3) is 89.8 Å². The van der Waals surface area contributed by atoms with Crippen LogP contribution >= 0.6 is 0 Å². The van der Waals surface area contributed by atoms with Crippen LogP contribution in [-0.2, 0) is 0 Å². The summed E-state index contributed by atoms with van der Waals surface area (Å²) < 4.78 is 0. The van der Waals surface area contributed by atoms with Crippen LogP contribution in [0, 0.1) is 0 Å². The first-order valence-electron chi connectivity index (χ1n) is 18.2. The first kappa shape index (κ1) is 32.7. The molecule has 3 nitrogen and oxygen atoms in total. The van der Waals surface area contributed by atoms with E-state index in [4.69, 9.17) is 15.0 Å². The monoisotopic (exact) mass is 689 g/mol. The van der Waals surface area contributed by atoms with Crippen molar-refractivity contribution in [2.45, 2.75) is 0 Å². The van der Waals surface area contributed by atoms with Gasteiger partial charge in [-0.15, -0.1) is 0 Å². The Kier molecular flexibility index (Phi) is 8.94. The van der Waals surface area contributed by atoms with Crippen LogP contribution < -0.4 is 0 Å². The van der Waals surface area contributed by atoms with Crippen molar-refractivity contribution in [3.8, 4) is 89.8 Å². The van der Waals surface area contributed by atoms with Crippen LogP contribution in [-0.4, -0.2) is 15.0 Å². The summed E-state index contributed by atoms with van der Waals surface area (Å²) in [5, 5.41) is 0. The van der Waals surface area contributed by atoms with Gasteiger partial charge in [0.05, 0.1) is 0 Å². The third-order valence-corrected chi connectivity index (χ3v) is 9.76. The Bertz CT molecular complexity index is 2660. The topological polar surface area (TPSA) is 38.7 Å². The smallest absolute Gasteiger partial charge is 0.164 e. The highest BCUT2D eigenvalue weighted by Crippen LogP contribution is 2.38. The van der Waals surface area contributed by atoms with E-state index in [1.54, 1.807) is 0 Å². The van der Waals surface area contributed by atoms with Gasteiger partial charge in [0.15, 0.2) is 17.5 Å². The van der Waals surface area contributed by atoms with Crippen molar-refractivity contribution in [1.29, 1.82) is 0 Å². The molecule has 0 atom stereocenters. The molecule has 9 aromatic rings. The molecule has 0 aliphatic carbocycles. The third-order valence-electron chi connectivity index (χ3n) is 9.76. The standard InChI is InChI=1S/C51H35N3/c1-5-15-36(16-6-1)38-25-27-40(28-26-38)44-33-45(48-24-14-13-23-47(48)41-19-9-3-10-20-41)35-46(34-44)51-53-49(42-21-11-4-12-22-42)52-50(54-51)43-31-29-39(30-32-43)37-17-7-2-8-18-37/h1-35H. The zero-order chi connectivity index (χ0) is 36.1. The lowest BCUT2D eigenvalue weighted by atomic mass is 9.90. The van der Waals surface area contributed by atoms with Crippen molar-refractivity contribution in [2.24, 2.45) is 0 Å². The summed E-state index contributed by atoms with van der Waals surface area (Å²) in [7, 11) is 0. The van der Waals surface area contributed by atoms with E-state index in [0.29, 0.717) is 17.5 Å². The highest BCUT2D eigenvalue weighted by atomic mass is 15.0. The minimum Gasteiger partial charge on any atom is -0.208 e. The van der Waals surface area contributed by atoms with Crippen LogP contribution in [0.3, 0.4) is 0 Å². The van der Waals surface area contributed by atoms with E-state index in [0.717, 1.165) is 44.5 Å². The Hall–Kier alpha value is -7.23. The van der Waals surface area contributed by atoms with Crippen molar-refractivity contribution < 1.29 is 0 Å². The molecule has 9 rings (SSSR count). The molecule has 0 saturated carbocycles. The van der Waals surface area contributed by atoms with Gasteiger partial charge in [-0.1, -0.05) is 194 Å². The van der Waals surface area contributed by atoms with Gasteiger partial charge in [0.25, 0.3) is 0 Å². The minimum atomic E-state index is 0.618.